The van der Waals surface area contributed by atoms with Crippen molar-refractivity contribution < 1.29 is 4.79 Å². The molecular formula is C12H20N6O. The summed E-state index contributed by atoms with van der Waals surface area (Å²) in [7, 11) is 0. The molecule has 1 saturated heterocycles. The number of amides is 1. The molecule has 0 aliphatic carbocycles. The van der Waals surface area contributed by atoms with Crippen molar-refractivity contribution in [2.75, 3.05) is 23.4 Å². The van der Waals surface area contributed by atoms with E-state index in [9.17, 15) is 4.79 Å². The van der Waals surface area contributed by atoms with Gasteiger partial charge in [0, 0.05) is 24.6 Å². The molecule has 0 saturated carbocycles. The van der Waals surface area contributed by atoms with E-state index in [-0.39, 0.29) is 11.8 Å². The average molecular weight is 264 g/mol. The maximum atomic E-state index is 11.2. The molecule has 0 spiro atoms. The third kappa shape index (κ3) is 2.76. The Morgan fingerprint density at radius 3 is 2.68 bits per heavy atom. The second kappa shape index (κ2) is 5.83. The Kier molecular flexibility index (Phi) is 4.16. The third-order valence-corrected chi connectivity index (χ3v) is 3.61. The lowest BCUT2D eigenvalue weighted by atomic mass is 9.96. The van der Waals surface area contributed by atoms with Gasteiger partial charge < -0.3 is 16.1 Å². The maximum absolute atomic E-state index is 11.2. The summed E-state index contributed by atoms with van der Waals surface area (Å²) in [6, 6.07) is 0. The first-order valence-corrected chi connectivity index (χ1v) is 6.52. The lowest BCUT2D eigenvalue weighted by Gasteiger charge is -2.32. The van der Waals surface area contributed by atoms with Gasteiger partial charge in [-0.15, -0.1) is 0 Å². The summed E-state index contributed by atoms with van der Waals surface area (Å²) in [6.45, 7) is 3.60. The molecule has 0 bridgehead atoms. The van der Waals surface area contributed by atoms with Crippen LogP contribution in [0.1, 0.15) is 25.3 Å². The van der Waals surface area contributed by atoms with Crippen LogP contribution in [0.4, 0.5) is 11.6 Å². The number of anilines is 2. The van der Waals surface area contributed by atoms with Crippen molar-refractivity contribution in [1.82, 2.24) is 9.97 Å². The average Bonchev–Trinajstić information content (AvgIpc) is 2.46. The Labute approximate surface area is 112 Å². The van der Waals surface area contributed by atoms with Crippen LogP contribution in [0.15, 0.2) is 6.33 Å². The zero-order chi connectivity index (χ0) is 13.8. The predicted octanol–water partition coefficient (Wildman–Crippen LogP) is 0.0263. The monoisotopic (exact) mass is 264 g/mol. The van der Waals surface area contributed by atoms with E-state index in [2.05, 4.69) is 20.3 Å². The Bertz CT molecular complexity index is 456. The molecule has 1 amide bonds. The highest BCUT2D eigenvalue weighted by Crippen LogP contribution is 2.27. The Balaban J connectivity index is 2.17. The van der Waals surface area contributed by atoms with Crippen molar-refractivity contribution in [1.29, 1.82) is 0 Å². The molecule has 2 heterocycles. The zero-order valence-electron chi connectivity index (χ0n) is 11.1. The van der Waals surface area contributed by atoms with Crippen LogP contribution in [-0.2, 0) is 11.2 Å². The van der Waals surface area contributed by atoms with Gasteiger partial charge in [0.15, 0.2) is 0 Å². The van der Waals surface area contributed by atoms with Crippen LogP contribution in [0.2, 0.25) is 0 Å². The predicted molar refractivity (Wildman–Crippen MR) is 73.4 cm³/mol. The molecule has 1 aliphatic rings. The Morgan fingerprint density at radius 2 is 2.16 bits per heavy atom. The molecule has 1 aliphatic heterocycles. The van der Waals surface area contributed by atoms with E-state index < -0.39 is 0 Å². The summed E-state index contributed by atoms with van der Waals surface area (Å²) in [5, 5.41) is 0. The van der Waals surface area contributed by atoms with Gasteiger partial charge in [-0.1, -0.05) is 6.92 Å². The van der Waals surface area contributed by atoms with Crippen LogP contribution < -0.4 is 21.9 Å². The number of nitrogens with one attached hydrogen (secondary N) is 1. The minimum atomic E-state index is -0.206. The molecule has 5 N–H and O–H groups in total. The van der Waals surface area contributed by atoms with Crippen molar-refractivity contribution in [2.45, 2.75) is 26.2 Å². The highest BCUT2D eigenvalue weighted by molar-refractivity contribution is 5.77. The summed E-state index contributed by atoms with van der Waals surface area (Å²) in [6.07, 6.45) is 3.84. The van der Waals surface area contributed by atoms with Gasteiger partial charge in [0.1, 0.15) is 18.0 Å². The number of nitrogen functional groups attached to an aromatic ring is 1. The van der Waals surface area contributed by atoms with Gasteiger partial charge >= 0.3 is 0 Å². The number of nitrogens with zero attached hydrogens (tertiary/aromatic N) is 3. The molecule has 0 aromatic carbocycles. The first-order valence-electron chi connectivity index (χ1n) is 6.52. The highest BCUT2D eigenvalue weighted by atomic mass is 16.1. The number of hydrogen-bond acceptors (Lipinski definition) is 6. The summed E-state index contributed by atoms with van der Waals surface area (Å²) in [5.41, 5.74) is 8.95. The summed E-state index contributed by atoms with van der Waals surface area (Å²) < 4.78 is 0. The fraction of sp³-hybridized carbons (Fsp3) is 0.583. The number of hydrazine groups is 1. The second-order valence-electron chi connectivity index (χ2n) is 4.69. The number of rotatable bonds is 4. The van der Waals surface area contributed by atoms with Crippen molar-refractivity contribution >= 4 is 17.5 Å². The quantitative estimate of drug-likeness (QED) is 0.522. The Hall–Kier alpha value is -1.89. The topological polar surface area (TPSA) is 110 Å². The van der Waals surface area contributed by atoms with Gasteiger partial charge in [-0.3, -0.25) is 4.79 Å². The fourth-order valence-corrected chi connectivity index (χ4v) is 2.50. The summed E-state index contributed by atoms with van der Waals surface area (Å²) in [5.74, 6) is 6.80. The van der Waals surface area contributed by atoms with Crippen LogP contribution in [-0.4, -0.2) is 29.0 Å². The normalized spacial score (nSPS) is 16.4. The first kappa shape index (κ1) is 13.5. The molecule has 7 heteroatoms. The number of piperidine rings is 1. The summed E-state index contributed by atoms with van der Waals surface area (Å²) in [4.78, 5) is 21.8. The minimum absolute atomic E-state index is 0.0183. The van der Waals surface area contributed by atoms with Crippen LogP contribution in [0.3, 0.4) is 0 Å². The van der Waals surface area contributed by atoms with E-state index in [0.29, 0.717) is 5.82 Å². The molecule has 0 atom stereocenters. The largest absolute Gasteiger partial charge is 0.369 e. The van der Waals surface area contributed by atoms with E-state index in [4.69, 9.17) is 11.6 Å². The lowest BCUT2D eigenvalue weighted by molar-refractivity contribution is -0.122. The number of aromatic nitrogens is 2. The minimum Gasteiger partial charge on any atom is -0.369 e. The van der Waals surface area contributed by atoms with Crippen LogP contribution in [0.5, 0.6) is 0 Å². The van der Waals surface area contributed by atoms with Crippen LogP contribution in [0, 0.1) is 5.92 Å². The molecule has 1 aromatic rings. The molecule has 1 fully saturated rings. The number of hydrogen-bond donors (Lipinski definition) is 3. The van der Waals surface area contributed by atoms with Crippen LogP contribution in [0.25, 0.3) is 0 Å². The van der Waals surface area contributed by atoms with Crippen LogP contribution >= 0.6 is 0 Å². The van der Waals surface area contributed by atoms with Crippen molar-refractivity contribution in [3.05, 3.63) is 11.9 Å². The molecule has 0 radical (unpaired) electrons. The molecule has 7 nitrogen and oxygen atoms in total. The molecule has 1 aromatic heterocycles. The molecule has 104 valence electrons. The second-order valence-corrected chi connectivity index (χ2v) is 4.69. The zero-order valence-corrected chi connectivity index (χ0v) is 11.1. The number of carbonyl (C=O) groups excluding carboxylic acids is 1. The van der Waals surface area contributed by atoms with Gasteiger partial charge in [0.2, 0.25) is 5.91 Å². The molecule has 2 rings (SSSR count). The SMILES string of the molecule is CCc1c(NN)ncnc1N1CCC(C(N)=O)CC1. The molecular weight excluding hydrogens is 244 g/mol. The lowest BCUT2D eigenvalue weighted by Crippen LogP contribution is -2.39. The van der Waals surface area contributed by atoms with Crippen molar-refractivity contribution in [2.24, 2.45) is 17.5 Å². The van der Waals surface area contributed by atoms with Crippen molar-refractivity contribution in [3.63, 3.8) is 0 Å². The standard InChI is InChI=1S/C12H20N6O/c1-2-9-11(17-14)15-7-16-12(9)18-5-3-8(4-6-18)10(13)19/h7-8H,2-6,14H2,1H3,(H2,13,19)(H,15,16,17). The van der Waals surface area contributed by atoms with Gasteiger partial charge in [0.05, 0.1) is 0 Å². The van der Waals surface area contributed by atoms with Gasteiger partial charge in [-0.05, 0) is 19.3 Å². The van der Waals surface area contributed by atoms with E-state index in [1.165, 1.54) is 6.33 Å². The number of nitrogens with two attached hydrogens (primary N) is 2. The van der Waals surface area contributed by atoms with Crippen molar-refractivity contribution in [3.8, 4) is 0 Å². The molecule has 0 unspecified atom stereocenters. The highest BCUT2D eigenvalue weighted by Gasteiger charge is 2.25. The van der Waals surface area contributed by atoms with E-state index in [1.807, 2.05) is 6.92 Å². The smallest absolute Gasteiger partial charge is 0.220 e. The Morgan fingerprint density at radius 1 is 1.47 bits per heavy atom. The fourth-order valence-electron chi connectivity index (χ4n) is 2.50. The van der Waals surface area contributed by atoms with E-state index in [1.54, 1.807) is 0 Å². The number of carbonyl (C=O) groups is 1. The number of primary amides is 1. The molecule has 19 heavy (non-hydrogen) atoms. The van der Waals surface area contributed by atoms with Gasteiger partial charge in [0.25, 0.3) is 0 Å². The van der Waals surface area contributed by atoms with E-state index in [0.717, 1.165) is 43.7 Å². The van der Waals surface area contributed by atoms with Gasteiger partial charge in [-0.2, -0.15) is 0 Å². The summed E-state index contributed by atoms with van der Waals surface area (Å²) >= 11 is 0. The van der Waals surface area contributed by atoms with E-state index >= 15 is 0 Å². The first-order chi connectivity index (χ1) is 9.17. The maximum Gasteiger partial charge on any atom is 0.220 e. The third-order valence-electron chi connectivity index (χ3n) is 3.61. The van der Waals surface area contributed by atoms with Gasteiger partial charge in [-0.25, -0.2) is 15.8 Å².